The maximum absolute atomic E-state index is 5.87. The Balaban J connectivity index is 1.56. The van der Waals surface area contributed by atoms with E-state index in [0.717, 1.165) is 22.2 Å². The van der Waals surface area contributed by atoms with Gasteiger partial charge in [0.1, 0.15) is 5.75 Å². The molecule has 2 aliphatic rings. The molecule has 1 aliphatic heterocycles. The van der Waals surface area contributed by atoms with E-state index in [0.29, 0.717) is 12.6 Å². The average Bonchev–Trinajstić information content (AvgIpc) is 3.54. The van der Waals surface area contributed by atoms with Crippen LogP contribution in [0.2, 0.25) is 0 Å². The lowest BCUT2D eigenvalue weighted by Crippen LogP contribution is -2.38. The number of benzene rings is 1. The van der Waals surface area contributed by atoms with Gasteiger partial charge in [0.2, 0.25) is 0 Å². The van der Waals surface area contributed by atoms with Crippen molar-refractivity contribution in [1.82, 2.24) is 19.8 Å². The van der Waals surface area contributed by atoms with Crippen LogP contribution in [0.15, 0.2) is 67.0 Å². The Labute approximate surface area is 189 Å². The van der Waals surface area contributed by atoms with Crippen LogP contribution in [-0.2, 0) is 0 Å². The van der Waals surface area contributed by atoms with Gasteiger partial charge < -0.3 is 19.5 Å². The molecular weight excluding hydrogens is 404 g/mol. The molecule has 1 saturated carbocycles. The first kappa shape index (κ1) is 20.1. The highest BCUT2D eigenvalue weighted by Crippen LogP contribution is 2.43. The second-order valence-corrected chi connectivity index (χ2v) is 8.59. The number of hydrogen-bond acceptors (Lipinski definition) is 3. The van der Waals surface area contributed by atoms with Crippen LogP contribution in [0.1, 0.15) is 56.1 Å². The van der Waals surface area contributed by atoms with Gasteiger partial charge in [-0.15, -0.1) is 0 Å². The number of nitrogens with one attached hydrogen (secondary N) is 1. The van der Waals surface area contributed by atoms with Crippen molar-refractivity contribution < 1.29 is 4.74 Å². The summed E-state index contributed by atoms with van der Waals surface area (Å²) >= 11 is 5.87. The molecule has 0 bridgehead atoms. The van der Waals surface area contributed by atoms with E-state index in [4.69, 9.17) is 17.0 Å². The molecule has 2 fully saturated rings. The van der Waals surface area contributed by atoms with Crippen LogP contribution in [-0.4, -0.2) is 32.2 Å². The van der Waals surface area contributed by atoms with E-state index < -0.39 is 0 Å². The van der Waals surface area contributed by atoms with E-state index in [9.17, 15) is 0 Å². The monoisotopic (exact) mass is 432 g/mol. The predicted octanol–water partition coefficient (Wildman–Crippen LogP) is 5.19. The zero-order valence-corrected chi connectivity index (χ0v) is 18.6. The molecule has 3 heterocycles. The van der Waals surface area contributed by atoms with Crippen molar-refractivity contribution in [2.75, 3.05) is 6.61 Å². The standard InChI is InChI=1S/C25H28N4OS/c1-2-30-20-14-12-18(13-15-20)28-17-7-11-22(28)24-23(21-10-5-6-16-26-21)27-25(31)29(24)19-8-3-4-9-19/h5-7,10-17,19,23-24H,2-4,8-9H2,1H3,(H,27,31)/t23-,24+/m1/s1. The van der Waals surface area contributed by atoms with Crippen molar-refractivity contribution in [3.63, 3.8) is 0 Å². The second kappa shape index (κ2) is 8.71. The zero-order chi connectivity index (χ0) is 21.2. The van der Waals surface area contributed by atoms with E-state index in [-0.39, 0.29) is 12.1 Å². The summed E-state index contributed by atoms with van der Waals surface area (Å²) in [5.74, 6) is 0.891. The number of aromatic nitrogens is 2. The maximum atomic E-state index is 5.87. The number of nitrogens with zero attached hydrogens (tertiary/aromatic N) is 3. The highest BCUT2D eigenvalue weighted by Gasteiger charge is 2.44. The van der Waals surface area contributed by atoms with Gasteiger partial charge in [-0.05, 0) is 80.5 Å². The fourth-order valence-corrected chi connectivity index (χ4v) is 5.39. The van der Waals surface area contributed by atoms with E-state index in [2.05, 4.69) is 56.3 Å². The van der Waals surface area contributed by atoms with Crippen molar-refractivity contribution in [2.24, 2.45) is 0 Å². The Kier molecular flexibility index (Phi) is 5.64. The number of pyridine rings is 1. The summed E-state index contributed by atoms with van der Waals surface area (Å²) in [4.78, 5) is 7.12. The molecule has 6 heteroatoms. The minimum absolute atomic E-state index is 0.0191. The lowest BCUT2D eigenvalue weighted by molar-refractivity contribution is 0.239. The Hall–Kier alpha value is -2.86. The van der Waals surface area contributed by atoms with Gasteiger partial charge in [0.15, 0.2) is 5.11 Å². The minimum atomic E-state index is 0.0191. The van der Waals surface area contributed by atoms with E-state index in [1.807, 2.05) is 37.4 Å². The first-order valence-corrected chi connectivity index (χ1v) is 11.6. The molecule has 31 heavy (non-hydrogen) atoms. The van der Waals surface area contributed by atoms with Gasteiger partial charge in [-0.2, -0.15) is 0 Å². The number of rotatable bonds is 6. The molecule has 2 atom stereocenters. The quantitative estimate of drug-likeness (QED) is 0.543. The molecule has 160 valence electrons. The molecule has 0 radical (unpaired) electrons. The summed E-state index contributed by atoms with van der Waals surface area (Å²) in [5, 5.41) is 4.44. The topological polar surface area (TPSA) is 42.3 Å². The Morgan fingerprint density at radius 2 is 1.87 bits per heavy atom. The molecule has 2 aromatic heterocycles. The first-order valence-electron chi connectivity index (χ1n) is 11.2. The average molecular weight is 433 g/mol. The van der Waals surface area contributed by atoms with E-state index >= 15 is 0 Å². The van der Waals surface area contributed by atoms with Crippen LogP contribution < -0.4 is 10.1 Å². The molecule has 0 amide bonds. The van der Waals surface area contributed by atoms with Crippen LogP contribution >= 0.6 is 12.2 Å². The molecule has 1 N–H and O–H groups in total. The van der Waals surface area contributed by atoms with Gasteiger partial charge in [0.25, 0.3) is 0 Å². The fourth-order valence-electron chi connectivity index (χ4n) is 5.00. The number of thiocarbonyl (C=S) groups is 1. The Bertz CT molecular complexity index is 1030. The third kappa shape index (κ3) is 3.81. The van der Waals surface area contributed by atoms with Crippen molar-refractivity contribution in [3.8, 4) is 11.4 Å². The van der Waals surface area contributed by atoms with E-state index in [1.54, 1.807) is 0 Å². The molecule has 1 saturated heterocycles. The maximum Gasteiger partial charge on any atom is 0.170 e. The van der Waals surface area contributed by atoms with Crippen LogP contribution in [0.25, 0.3) is 5.69 Å². The van der Waals surface area contributed by atoms with Crippen molar-refractivity contribution in [3.05, 3.63) is 78.4 Å². The lowest BCUT2D eigenvalue weighted by atomic mass is 9.99. The molecule has 5 rings (SSSR count). The summed E-state index contributed by atoms with van der Waals surface area (Å²) < 4.78 is 7.90. The summed E-state index contributed by atoms with van der Waals surface area (Å²) in [6.07, 6.45) is 8.92. The normalized spacial score (nSPS) is 21.5. The fraction of sp³-hybridized carbons (Fsp3) is 0.360. The summed E-state index contributed by atoms with van der Waals surface area (Å²) in [6.45, 7) is 2.67. The molecule has 5 nitrogen and oxygen atoms in total. The zero-order valence-electron chi connectivity index (χ0n) is 17.8. The second-order valence-electron chi connectivity index (χ2n) is 8.20. The SMILES string of the molecule is CCOc1ccc(-n2cccc2[C@H]2[C@@H](c3ccccn3)NC(=S)N2C2CCCC2)cc1. The van der Waals surface area contributed by atoms with Crippen molar-refractivity contribution >= 4 is 17.3 Å². The van der Waals surface area contributed by atoms with Crippen LogP contribution in [0, 0.1) is 0 Å². The number of ether oxygens (including phenoxy) is 1. The van der Waals surface area contributed by atoms with Crippen LogP contribution in [0.4, 0.5) is 0 Å². The molecular formula is C25H28N4OS. The highest BCUT2D eigenvalue weighted by atomic mass is 32.1. The van der Waals surface area contributed by atoms with Gasteiger partial charge in [-0.3, -0.25) is 4.98 Å². The molecule has 1 aromatic carbocycles. The first-order chi connectivity index (χ1) is 15.3. The Morgan fingerprint density at radius 3 is 2.58 bits per heavy atom. The lowest BCUT2D eigenvalue weighted by Gasteiger charge is -2.33. The molecule has 0 spiro atoms. The summed E-state index contributed by atoms with van der Waals surface area (Å²) in [6, 6.07) is 19.3. The summed E-state index contributed by atoms with van der Waals surface area (Å²) in [5.41, 5.74) is 3.36. The van der Waals surface area contributed by atoms with Gasteiger partial charge in [0, 0.05) is 29.8 Å². The third-order valence-corrected chi connectivity index (χ3v) is 6.69. The third-order valence-electron chi connectivity index (χ3n) is 6.36. The minimum Gasteiger partial charge on any atom is -0.494 e. The van der Waals surface area contributed by atoms with Crippen molar-refractivity contribution in [1.29, 1.82) is 0 Å². The molecule has 1 aliphatic carbocycles. The largest absolute Gasteiger partial charge is 0.494 e. The van der Waals surface area contributed by atoms with Gasteiger partial charge in [0.05, 0.1) is 24.4 Å². The van der Waals surface area contributed by atoms with Crippen LogP contribution in [0.3, 0.4) is 0 Å². The van der Waals surface area contributed by atoms with Gasteiger partial charge in [-0.25, -0.2) is 0 Å². The van der Waals surface area contributed by atoms with Crippen molar-refractivity contribution in [2.45, 2.75) is 50.7 Å². The van der Waals surface area contributed by atoms with Gasteiger partial charge >= 0.3 is 0 Å². The van der Waals surface area contributed by atoms with Gasteiger partial charge in [-0.1, -0.05) is 18.9 Å². The van der Waals surface area contributed by atoms with Crippen LogP contribution in [0.5, 0.6) is 5.75 Å². The molecule has 0 unspecified atom stereocenters. The highest BCUT2D eigenvalue weighted by molar-refractivity contribution is 7.80. The Morgan fingerprint density at radius 1 is 1.06 bits per heavy atom. The number of hydrogen-bond donors (Lipinski definition) is 1. The smallest absolute Gasteiger partial charge is 0.170 e. The predicted molar refractivity (Wildman–Crippen MR) is 126 cm³/mol. The summed E-state index contributed by atoms with van der Waals surface area (Å²) in [7, 11) is 0. The molecule has 3 aromatic rings. The van der Waals surface area contributed by atoms with E-state index in [1.165, 1.54) is 31.4 Å².